The number of hydrogen-bond donors (Lipinski definition) is 0. The molecule has 0 bridgehead atoms. The highest BCUT2D eigenvalue weighted by Crippen LogP contribution is 2.04. The molecular weight excluding hydrogens is 190 g/mol. The summed E-state index contributed by atoms with van der Waals surface area (Å²) in [4.78, 5) is 23.2. The van der Waals surface area contributed by atoms with Crippen LogP contribution in [0.5, 0.6) is 0 Å². The maximum Gasteiger partial charge on any atom is 0.170 e. The summed E-state index contributed by atoms with van der Waals surface area (Å²) in [6.07, 6.45) is 8.15. The average Bonchev–Trinajstić information content (AvgIpc) is 2.31. The molecule has 2 heterocycles. The lowest BCUT2D eigenvalue weighted by molar-refractivity contribution is 0.0992. The number of pyridine rings is 1. The number of rotatable bonds is 3. The topological polar surface area (TPSA) is 55.7 Å². The van der Waals surface area contributed by atoms with Gasteiger partial charge in [-0.05, 0) is 17.7 Å². The predicted molar refractivity (Wildman–Crippen MR) is 54.3 cm³/mol. The highest BCUT2D eigenvalue weighted by atomic mass is 16.1. The van der Waals surface area contributed by atoms with Gasteiger partial charge in [0.2, 0.25) is 0 Å². The van der Waals surface area contributed by atoms with E-state index < -0.39 is 0 Å². The van der Waals surface area contributed by atoms with Crippen LogP contribution in [0.2, 0.25) is 0 Å². The van der Waals surface area contributed by atoms with Crippen LogP contribution in [0.1, 0.15) is 15.9 Å². The van der Waals surface area contributed by atoms with E-state index in [1.807, 2.05) is 12.1 Å². The average molecular weight is 199 g/mol. The van der Waals surface area contributed by atoms with Crippen LogP contribution in [-0.2, 0) is 6.42 Å². The van der Waals surface area contributed by atoms with E-state index in [1.165, 1.54) is 18.7 Å². The first kappa shape index (κ1) is 9.45. The number of Topliss-reactive ketones (excluding diaryl/α,β-unsaturated/α-hetero) is 1. The second kappa shape index (κ2) is 4.41. The van der Waals surface area contributed by atoms with E-state index in [4.69, 9.17) is 0 Å². The molecule has 2 aromatic rings. The van der Waals surface area contributed by atoms with Crippen molar-refractivity contribution in [2.24, 2.45) is 0 Å². The fourth-order valence-electron chi connectivity index (χ4n) is 1.23. The summed E-state index contributed by atoms with van der Waals surface area (Å²) in [6, 6.07) is 3.64. The van der Waals surface area contributed by atoms with E-state index in [-0.39, 0.29) is 5.78 Å². The van der Waals surface area contributed by atoms with Gasteiger partial charge >= 0.3 is 0 Å². The Morgan fingerprint density at radius 2 is 1.73 bits per heavy atom. The molecule has 0 aromatic carbocycles. The van der Waals surface area contributed by atoms with Gasteiger partial charge in [0.1, 0.15) is 6.33 Å². The van der Waals surface area contributed by atoms with E-state index >= 15 is 0 Å². The lowest BCUT2D eigenvalue weighted by Gasteiger charge is -1.99. The molecule has 0 unspecified atom stereocenters. The van der Waals surface area contributed by atoms with Crippen LogP contribution >= 0.6 is 0 Å². The Morgan fingerprint density at radius 1 is 1.07 bits per heavy atom. The Kier molecular flexibility index (Phi) is 2.78. The van der Waals surface area contributed by atoms with Crippen LogP contribution in [0.25, 0.3) is 0 Å². The first-order valence-electron chi connectivity index (χ1n) is 4.53. The third kappa shape index (κ3) is 2.43. The lowest BCUT2D eigenvalue weighted by Crippen LogP contribution is -2.04. The SMILES string of the molecule is O=C(Cc1ccncc1)c1cncnc1. The molecule has 4 heteroatoms. The highest BCUT2D eigenvalue weighted by molar-refractivity contribution is 5.96. The van der Waals surface area contributed by atoms with Crippen LogP contribution in [-0.4, -0.2) is 20.7 Å². The van der Waals surface area contributed by atoms with Gasteiger partial charge in [-0.2, -0.15) is 0 Å². The molecule has 4 nitrogen and oxygen atoms in total. The lowest BCUT2D eigenvalue weighted by atomic mass is 10.1. The minimum absolute atomic E-state index is 0.0156. The molecule has 0 N–H and O–H groups in total. The third-order valence-corrected chi connectivity index (χ3v) is 2.00. The third-order valence-electron chi connectivity index (χ3n) is 2.00. The van der Waals surface area contributed by atoms with Gasteiger partial charge in [-0.25, -0.2) is 9.97 Å². The van der Waals surface area contributed by atoms with Gasteiger partial charge in [0.05, 0.1) is 5.56 Å². The molecule has 0 aliphatic carbocycles. The van der Waals surface area contributed by atoms with Crippen LogP contribution in [0.15, 0.2) is 43.2 Å². The molecule has 74 valence electrons. The maximum absolute atomic E-state index is 11.7. The van der Waals surface area contributed by atoms with Crippen molar-refractivity contribution in [2.75, 3.05) is 0 Å². The van der Waals surface area contributed by atoms with Crippen molar-refractivity contribution < 1.29 is 4.79 Å². The van der Waals surface area contributed by atoms with Crippen molar-refractivity contribution in [3.63, 3.8) is 0 Å². The van der Waals surface area contributed by atoms with Gasteiger partial charge in [0.25, 0.3) is 0 Å². The van der Waals surface area contributed by atoms with E-state index in [2.05, 4.69) is 15.0 Å². The van der Waals surface area contributed by atoms with Crippen molar-refractivity contribution in [1.29, 1.82) is 0 Å². The molecule has 2 aromatic heterocycles. The molecule has 0 radical (unpaired) electrons. The summed E-state index contributed by atoms with van der Waals surface area (Å²) < 4.78 is 0. The quantitative estimate of drug-likeness (QED) is 0.699. The Hall–Kier alpha value is -2.10. The van der Waals surface area contributed by atoms with Gasteiger partial charge in [0.15, 0.2) is 5.78 Å². The summed E-state index contributed by atoms with van der Waals surface area (Å²) in [5.41, 5.74) is 1.48. The van der Waals surface area contributed by atoms with Crippen molar-refractivity contribution in [3.8, 4) is 0 Å². The molecule has 0 aliphatic rings. The van der Waals surface area contributed by atoms with Crippen molar-refractivity contribution >= 4 is 5.78 Å². The molecule has 0 saturated heterocycles. The number of hydrogen-bond acceptors (Lipinski definition) is 4. The summed E-state index contributed by atoms with van der Waals surface area (Å²) >= 11 is 0. The van der Waals surface area contributed by atoms with E-state index in [0.717, 1.165) is 5.56 Å². The van der Waals surface area contributed by atoms with Gasteiger partial charge in [-0.3, -0.25) is 9.78 Å². The van der Waals surface area contributed by atoms with Crippen LogP contribution in [0, 0.1) is 0 Å². The van der Waals surface area contributed by atoms with E-state index in [0.29, 0.717) is 12.0 Å². The molecule has 15 heavy (non-hydrogen) atoms. The zero-order valence-corrected chi connectivity index (χ0v) is 8.00. The maximum atomic E-state index is 11.7. The Bertz CT molecular complexity index is 442. The van der Waals surface area contributed by atoms with Gasteiger partial charge in [-0.15, -0.1) is 0 Å². The molecule has 0 atom stereocenters. The second-order valence-electron chi connectivity index (χ2n) is 3.08. The van der Waals surface area contributed by atoms with E-state index in [1.54, 1.807) is 12.4 Å². The summed E-state index contributed by atoms with van der Waals surface area (Å²) in [5, 5.41) is 0. The number of nitrogens with zero attached hydrogens (tertiary/aromatic N) is 3. The summed E-state index contributed by atoms with van der Waals surface area (Å²) in [7, 11) is 0. The first-order chi connectivity index (χ1) is 7.36. The van der Waals surface area contributed by atoms with Gasteiger partial charge in [0, 0.05) is 31.2 Å². The minimum atomic E-state index is 0.0156. The first-order valence-corrected chi connectivity index (χ1v) is 4.53. The fourth-order valence-corrected chi connectivity index (χ4v) is 1.23. The van der Waals surface area contributed by atoms with Gasteiger partial charge < -0.3 is 0 Å². The number of carbonyl (C=O) groups is 1. The summed E-state index contributed by atoms with van der Waals surface area (Å²) in [6.45, 7) is 0. The highest BCUT2D eigenvalue weighted by Gasteiger charge is 2.06. The molecule has 0 fully saturated rings. The van der Waals surface area contributed by atoms with E-state index in [9.17, 15) is 4.79 Å². The monoisotopic (exact) mass is 199 g/mol. The zero-order chi connectivity index (χ0) is 10.5. The standard InChI is InChI=1S/C11H9N3O/c15-11(10-6-13-8-14-7-10)5-9-1-3-12-4-2-9/h1-4,6-8H,5H2. The van der Waals surface area contributed by atoms with Crippen molar-refractivity contribution in [2.45, 2.75) is 6.42 Å². The van der Waals surface area contributed by atoms with Crippen LogP contribution in [0.4, 0.5) is 0 Å². The number of aromatic nitrogens is 3. The Labute approximate surface area is 87.0 Å². The molecule has 2 rings (SSSR count). The number of ketones is 1. The molecule has 0 amide bonds. The van der Waals surface area contributed by atoms with Crippen molar-refractivity contribution in [1.82, 2.24) is 15.0 Å². The van der Waals surface area contributed by atoms with Crippen LogP contribution < -0.4 is 0 Å². The fraction of sp³-hybridized carbons (Fsp3) is 0.0909. The molecular formula is C11H9N3O. The Balaban J connectivity index is 2.12. The zero-order valence-electron chi connectivity index (χ0n) is 8.00. The smallest absolute Gasteiger partial charge is 0.170 e. The number of carbonyl (C=O) groups excluding carboxylic acids is 1. The Morgan fingerprint density at radius 3 is 2.40 bits per heavy atom. The molecule has 0 spiro atoms. The van der Waals surface area contributed by atoms with Crippen LogP contribution in [0.3, 0.4) is 0 Å². The normalized spacial score (nSPS) is 9.87. The summed E-state index contributed by atoms with van der Waals surface area (Å²) in [5.74, 6) is 0.0156. The largest absolute Gasteiger partial charge is 0.294 e. The predicted octanol–water partition coefficient (Wildman–Crippen LogP) is 1.30. The minimum Gasteiger partial charge on any atom is -0.294 e. The van der Waals surface area contributed by atoms with Gasteiger partial charge in [-0.1, -0.05) is 0 Å². The molecule has 0 saturated carbocycles. The van der Waals surface area contributed by atoms with Crippen molar-refractivity contribution in [3.05, 3.63) is 54.4 Å². The second-order valence-corrected chi connectivity index (χ2v) is 3.08. The molecule has 0 aliphatic heterocycles.